The second-order valence-electron chi connectivity index (χ2n) is 3.63. The highest BCUT2D eigenvalue weighted by molar-refractivity contribution is 7.99. The van der Waals surface area contributed by atoms with E-state index in [1.54, 1.807) is 0 Å². The molecule has 13 heavy (non-hydrogen) atoms. The lowest BCUT2D eigenvalue weighted by molar-refractivity contribution is 0.282. The highest BCUT2D eigenvalue weighted by Crippen LogP contribution is 2.16. The highest BCUT2D eigenvalue weighted by Gasteiger charge is 2.11. The van der Waals surface area contributed by atoms with Crippen LogP contribution < -0.4 is 5.32 Å². The lowest BCUT2D eigenvalue weighted by Crippen LogP contribution is -2.33. The molecule has 0 aromatic carbocycles. The van der Waals surface area contributed by atoms with Crippen LogP contribution in [0.3, 0.4) is 0 Å². The molecule has 2 N–H and O–H groups in total. The van der Waals surface area contributed by atoms with Gasteiger partial charge in [0.1, 0.15) is 0 Å². The van der Waals surface area contributed by atoms with Crippen LogP contribution in [0.5, 0.6) is 0 Å². The van der Waals surface area contributed by atoms with Crippen molar-refractivity contribution in [1.29, 1.82) is 0 Å². The lowest BCUT2D eigenvalue weighted by Gasteiger charge is -2.22. The van der Waals surface area contributed by atoms with Gasteiger partial charge in [-0.25, -0.2) is 0 Å². The molecule has 2 nitrogen and oxygen atoms in total. The Morgan fingerprint density at radius 3 is 2.62 bits per heavy atom. The van der Waals surface area contributed by atoms with Crippen molar-refractivity contribution in [1.82, 2.24) is 5.32 Å². The summed E-state index contributed by atoms with van der Waals surface area (Å²) in [6.45, 7) is 1.48. The van der Waals surface area contributed by atoms with Crippen molar-refractivity contribution in [2.24, 2.45) is 0 Å². The average Bonchev–Trinajstić information content (AvgIpc) is 2.19. The van der Waals surface area contributed by atoms with Gasteiger partial charge in [0, 0.05) is 12.6 Å². The summed E-state index contributed by atoms with van der Waals surface area (Å²) >= 11 is 2.07. The predicted molar refractivity (Wildman–Crippen MR) is 59.3 cm³/mol. The van der Waals surface area contributed by atoms with E-state index in [2.05, 4.69) is 17.1 Å². The number of hydrogen-bond acceptors (Lipinski definition) is 3. The van der Waals surface area contributed by atoms with Gasteiger partial charge in [0.05, 0.1) is 0 Å². The summed E-state index contributed by atoms with van der Waals surface area (Å²) in [5.74, 6) is 2.66. The third-order valence-electron chi connectivity index (χ3n) is 2.49. The number of aliphatic hydroxyl groups excluding tert-OH is 1. The molecule has 1 aliphatic heterocycles. The zero-order valence-corrected chi connectivity index (χ0v) is 9.11. The summed E-state index contributed by atoms with van der Waals surface area (Å²) in [6.07, 6.45) is 6.01. The van der Waals surface area contributed by atoms with Crippen LogP contribution in [0.4, 0.5) is 0 Å². The maximum atomic E-state index is 8.59. The van der Waals surface area contributed by atoms with E-state index in [-0.39, 0.29) is 0 Å². The molecule has 0 radical (unpaired) electrons. The van der Waals surface area contributed by atoms with Crippen LogP contribution in [0.25, 0.3) is 0 Å². The molecule has 0 saturated carbocycles. The monoisotopic (exact) mass is 203 g/mol. The Hall–Kier alpha value is 0.270. The lowest BCUT2D eigenvalue weighted by atomic mass is 10.1. The minimum Gasteiger partial charge on any atom is -0.396 e. The summed E-state index contributed by atoms with van der Waals surface area (Å²) in [4.78, 5) is 0. The summed E-state index contributed by atoms with van der Waals surface area (Å²) in [6, 6.07) is 0.773. The predicted octanol–water partition coefficient (Wildman–Crippen LogP) is 1.63. The van der Waals surface area contributed by atoms with Crippen LogP contribution in [0.15, 0.2) is 0 Å². The molecule has 1 saturated heterocycles. The molecule has 1 fully saturated rings. The van der Waals surface area contributed by atoms with Gasteiger partial charge >= 0.3 is 0 Å². The summed E-state index contributed by atoms with van der Waals surface area (Å²) in [7, 11) is 0. The molecule has 0 atom stereocenters. The molecular weight excluding hydrogens is 182 g/mol. The van der Waals surface area contributed by atoms with E-state index in [1.165, 1.54) is 30.8 Å². The van der Waals surface area contributed by atoms with Crippen molar-refractivity contribution >= 4 is 11.8 Å². The minimum atomic E-state index is 0.347. The quantitative estimate of drug-likeness (QED) is 0.644. The Balaban J connectivity index is 1.86. The van der Waals surface area contributed by atoms with Crippen LogP contribution in [0, 0.1) is 0 Å². The van der Waals surface area contributed by atoms with Gasteiger partial charge in [-0.3, -0.25) is 0 Å². The van der Waals surface area contributed by atoms with E-state index >= 15 is 0 Å². The van der Waals surface area contributed by atoms with Crippen LogP contribution in [-0.2, 0) is 0 Å². The van der Waals surface area contributed by atoms with Gasteiger partial charge in [-0.1, -0.05) is 0 Å². The van der Waals surface area contributed by atoms with E-state index in [1.807, 2.05) is 0 Å². The molecule has 0 aromatic rings. The van der Waals surface area contributed by atoms with Gasteiger partial charge in [0.2, 0.25) is 0 Å². The summed E-state index contributed by atoms with van der Waals surface area (Å²) in [5, 5.41) is 12.2. The smallest absolute Gasteiger partial charge is 0.0431 e. The van der Waals surface area contributed by atoms with E-state index < -0.39 is 0 Å². The molecule has 0 aromatic heterocycles. The van der Waals surface area contributed by atoms with Crippen LogP contribution in [0.1, 0.15) is 32.1 Å². The standard InChI is InChI=1S/C10H21NOS/c12-7-3-1-2-6-11-10-4-8-13-9-5-10/h10-12H,1-9H2. The summed E-state index contributed by atoms with van der Waals surface area (Å²) in [5.41, 5.74) is 0. The third-order valence-corrected chi connectivity index (χ3v) is 3.54. The normalized spacial score (nSPS) is 19.2. The molecule has 0 bridgehead atoms. The molecule has 1 heterocycles. The maximum absolute atomic E-state index is 8.59. The fraction of sp³-hybridized carbons (Fsp3) is 1.00. The Morgan fingerprint density at radius 2 is 1.92 bits per heavy atom. The van der Waals surface area contributed by atoms with Gasteiger partial charge in [0.15, 0.2) is 0 Å². The number of rotatable bonds is 6. The van der Waals surface area contributed by atoms with E-state index in [0.717, 1.165) is 25.4 Å². The molecule has 0 spiro atoms. The minimum absolute atomic E-state index is 0.347. The van der Waals surface area contributed by atoms with Crippen molar-refractivity contribution in [3.8, 4) is 0 Å². The number of hydrogen-bond donors (Lipinski definition) is 2. The van der Waals surface area contributed by atoms with Crippen molar-refractivity contribution in [2.45, 2.75) is 38.1 Å². The first kappa shape index (κ1) is 11.3. The van der Waals surface area contributed by atoms with E-state index in [0.29, 0.717) is 6.61 Å². The van der Waals surface area contributed by atoms with Crippen molar-refractivity contribution in [3.05, 3.63) is 0 Å². The van der Waals surface area contributed by atoms with Gasteiger partial charge in [0.25, 0.3) is 0 Å². The largest absolute Gasteiger partial charge is 0.396 e. The van der Waals surface area contributed by atoms with Crippen molar-refractivity contribution in [3.63, 3.8) is 0 Å². The van der Waals surface area contributed by atoms with Gasteiger partial charge < -0.3 is 10.4 Å². The van der Waals surface area contributed by atoms with Crippen LogP contribution in [-0.4, -0.2) is 35.8 Å². The zero-order valence-electron chi connectivity index (χ0n) is 8.30. The second-order valence-corrected chi connectivity index (χ2v) is 4.85. The molecule has 1 aliphatic rings. The average molecular weight is 203 g/mol. The molecule has 0 unspecified atom stereocenters. The third kappa shape index (κ3) is 5.55. The Kier molecular flexibility index (Phi) is 6.68. The zero-order chi connectivity index (χ0) is 9.36. The molecule has 3 heteroatoms. The topological polar surface area (TPSA) is 32.3 Å². The molecule has 0 amide bonds. The first-order valence-electron chi connectivity index (χ1n) is 5.35. The fourth-order valence-corrected chi connectivity index (χ4v) is 2.73. The first-order valence-corrected chi connectivity index (χ1v) is 6.51. The number of thioether (sulfide) groups is 1. The Labute approximate surface area is 85.5 Å². The first-order chi connectivity index (χ1) is 6.43. The van der Waals surface area contributed by atoms with Gasteiger partial charge in [-0.05, 0) is 50.2 Å². The second kappa shape index (κ2) is 7.65. The Morgan fingerprint density at radius 1 is 1.15 bits per heavy atom. The SMILES string of the molecule is OCCCCCNC1CCSCC1. The van der Waals surface area contributed by atoms with E-state index in [4.69, 9.17) is 5.11 Å². The van der Waals surface area contributed by atoms with Crippen LogP contribution >= 0.6 is 11.8 Å². The number of unbranched alkanes of at least 4 members (excludes halogenated alkanes) is 2. The highest BCUT2D eigenvalue weighted by atomic mass is 32.2. The Bertz CT molecular complexity index is 115. The number of aliphatic hydroxyl groups is 1. The van der Waals surface area contributed by atoms with Gasteiger partial charge in [-0.15, -0.1) is 0 Å². The molecule has 78 valence electrons. The fourth-order valence-electron chi connectivity index (χ4n) is 1.62. The molecule has 0 aliphatic carbocycles. The van der Waals surface area contributed by atoms with E-state index in [9.17, 15) is 0 Å². The maximum Gasteiger partial charge on any atom is 0.0431 e. The van der Waals surface area contributed by atoms with Crippen molar-refractivity contribution < 1.29 is 5.11 Å². The molecular formula is C10H21NOS. The van der Waals surface area contributed by atoms with Crippen molar-refractivity contribution in [2.75, 3.05) is 24.7 Å². The number of nitrogens with one attached hydrogen (secondary N) is 1. The summed E-state index contributed by atoms with van der Waals surface area (Å²) < 4.78 is 0. The van der Waals surface area contributed by atoms with Crippen LogP contribution in [0.2, 0.25) is 0 Å². The van der Waals surface area contributed by atoms with Gasteiger partial charge in [-0.2, -0.15) is 11.8 Å². The molecule has 1 rings (SSSR count).